The molecule has 1 aromatic rings. The fourth-order valence-electron chi connectivity index (χ4n) is 3.14. The molecule has 1 saturated carbocycles. The Labute approximate surface area is 108 Å². The monoisotopic (exact) mass is 247 g/mol. The Hall–Kier alpha value is -1.16. The van der Waals surface area contributed by atoms with Gasteiger partial charge in [0.1, 0.15) is 12.1 Å². The summed E-state index contributed by atoms with van der Waals surface area (Å²) in [4.78, 5) is 11.0. The first-order valence-electron chi connectivity index (χ1n) is 7.08. The van der Waals surface area contributed by atoms with Gasteiger partial charge in [0.15, 0.2) is 0 Å². The summed E-state index contributed by atoms with van der Waals surface area (Å²) in [7, 11) is 0. The average Bonchev–Trinajstić information content (AvgIpc) is 2.93. The highest BCUT2D eigenvalue weighted by Gasteiger charge is 2.22. The van der Waals surface area contributed by atoms with Crippen LogP contribution < -0.4 is 4.90 Å². The van der Waals surface area contributed by atoms with E-state index in [0.717, 1.165) is 25.2 Å². The van der Waals surface area contributed by atoms with Crippen molar-refractivity contribution in [1.82, 2.24) is 9.97 Å². The largest absolute Gasteiger partial charge is 0.391 e. The molecular formula is C14H21N3O. The summed E-state index contributed by atoms with van der Waals surface area (Å²) in [5.41, 5.74) is 1.19. The molecule has 2 heterocycles. The first-order valence-corrected chi connectivity index (χ1v) is 7.08. The topological polar surface area (TPSA) is 49.2 Å². The van der Waals surface area contributed by atoms with E-state index in [-0.39, 0.29) is 6.10 Å². The van der Waals surface area contributed by atoms with Crippen LogP contribution in [0.15, 0.2) is 12.4 Å². The zero-order chi connectivity index (χ0) is 12.4. The van der Waals surface area contributed by atoms with Gasteiger partial charge in [-0.05, 0) is 25.7 Å². The zero-order valence-corrected chi connectivity index (χ0v) is 10.8. The second-order valence-corrected chi connectivity index (χ2v) is 5.52. The highest BCUT2D eigenvalue weighted by atomic mass is 16.3. The van der Waals surface area contributed by atoms with Crippen molar-refractivity contribution in [3.63, 3.8) is 0 Å². The molecule has 4 heteroatoms. The van der Waals surface area contributed by atoms with Crippen LogP contribution in [-0.4, -0.2) is 34.3 Å². The van der Waals surface area contributed by atoms with E-state index < -0.39 is 0 Å². The van der Waals surface area contributed by atoms with Crippen molar-refractivity contribution in [2.45, 2.75) is 50.5 Å². The van der Waals surface area contributed by atoms with E-state index in [0.29, 0.717) is 12.5 Å². The molecule has 1 saturated heterocycles. The van der Waals surface area contributed by atoms with Crippen molar-refractivity contribution in [3.05, 3.63) is 18.1 Å². The number of β-amino-alcohol motifs (C(OH)–C–C–N with tert-alkyl or cyclic N) is 1. The maximum absolute atomic E-state index is 9.74. The average molecular weight is 247 g/mol. The van der Waals surface area contributed by atoms with Crippen molar-refractivity contribution >= 4 is 5.82 Å². The molecule has 4 nitrogen and oxygen atoms in total. The number of aromatic nitrogens is 2. The van der Waals surface area contributed by atoms with Gasteiger partial charge in [-0.15, -0.1) is 0 Å². The molecule has 1 atom stereocenters. The third kappa shape index (κ3) is 2.48. The molecule has 1 unspecified atom stereocenters. The van der Waals surface area contributed by atoms with Crippen LogP contribution in [-0.2, 0) is 0 Å². The molecule has 1 aliphatic heterocycles. The van der Waals surface area contributed by atoms with Gasteiger partial charge in [0, 0.05) is 30.8 Å². The third-order valence-electron chi connectivity index (χ3n) is 4.17. The van der Waals surface area contributed by atoms with Crippen LogP contribution in [0.3, 0.4) is 0 Å². The fourth-order valence-corrected chi connectivity index (χ4v) is 3.14. The minimum atomic E-state index is -0.205. The van der Waals surface area contributed by atoms with Crippen LogP contribution in [0.2, 0.25) is 0 Å². The number of rotatable bonds is 2. The van der Waals surface area contributed by atoms with Gasteiger partial charge in [-0.3, -0.25) is 0 Å². The molecule has 0 aromatic carbocycles. The smallest absolute Gasteiger partial charge is 0.132 e. The van der Waals surface area contributed by atoms with Crippen molar-refractivity contribution in [2.24, 2.45) is 0 Å². The number of nitrogens with zero attached hydrogens (tertiary/aromatic N) is 3. The number of hydrogen-bond acceptors (Lipinski definition) is 4. The highest BCUT2D eigenvalue weighted by Crippen LogP contribution is 2.33. The Morgan fingerprint density at radius 3 is 2.72 bits per heavy atom. The van der Waals surface area contributed by atoms with E-state index in [2.05, 4.69) is 20.9 Å². The normalized spacial score (nSPS) is 25.6. The van der Waals surface area contributed by atoms with Gasteiger partial charge in [0.25, 0.3) is 0 Å². The number of piperidine rings is 1. The minimum absolute atomic E-state index is 0.205. The molecule has 2 aliphatic rings. The van der Waals surface area contributed by atoms with Gasteiger partial charge in [0.2, 0.25) is 0 Å². The fraction of sp³-hybridized carbons (Fsp3) is 0.714. The predicted molar refractivity (Wildman–Crippen MR) is 70.7 cm³/mol. The van der Waals surface area contributed by atoms with Crippen molar-refractivity contribution in [3.8, 4) is 0 Å². The molecule has 98 valence electrons. The minimum Gasteiger partial charge on any atom is -0.391 e. The summed E-state index contributed by atoms with van der Waals surface area (Å²) < 4.78 is 0. The zero-order valence-electron chi connectivity index (χ0n) is 10.8. The number of aliphatic hydroxyl groups excluding tert-OH is 1. The number of hydrogen-bond donors (Lipinski definition) is 1. The Kier molecular flexibility index (Phi) is 3.46. The molecule has 1 N–H and O–H groups in total. The lowest BCUT2D eigenvalue weighted by molar-refractivity contribution is 0.154. The lowest BCUT2D eigenvalue weighted by Gasteiger charge is -2.31. The molecule has 3 rings (SSSR count). The van der Waals surface area contributed by atoms with Gasteiger partial charge < -0.3 is 10.0 Å². The molecule has 1 aliphatic carbocycles. The predicted octanol–water partition coefficient (Wildman–Crippen LogP) is 2.10. The Bertz CT molecular complexity index is 404. The Morgan fingerprint density at radius 1 is 1.11 bits per heavy atom. The van der Waals surface area contributed by atoms with Gasteiger partial charge >= 0.3 is 0 Å². The lowest BCUT2D eigenvalue weighted by atomic mass is 10.0. The SMILES string of the molecule is OC1CCCN(c2cc(C3CCCC3)ncn2)C1. The molecule has 18 heavy (non-hydrogen) atoms. The lowest BCUT2D eigenvalue weighted by Crippen LogP contribution is -2.38. The van der Waals surface area contributed by atoms with Crippen LogP contribution in [0.5, 0.6) is 0 Å². The first-order chi connectivity index (χ1) is 8.83. The molecule has 0 amide bonds. The summed E-state index contributed by atoms with van der Waals surface area (Å²) in [6.07, 6.45) is 8.62. The van der Waals surface area contributed by atoms with Crippen LogP contribution in [0.25, 0.3) is 0 Å². The number of aliphatic hydroxyl groups is 1. The standard InChI is InChI=1S/C14H21N3O/c18-12-6-3-7-17(9-12)14-8-13(15-10-16-14)11-4-1-2-5-11/h8,10-12,18H,1-7,9H2. The second-order valence-electron chi connectivity index (χ2n) is 5.52. The van der Waals surface area contributed by atoms with E-state index in [1.54, 1.807) is 6.33 Å². The summed E-state index contributed by atoms with van der Waals surface area (Å²) in [5, 5.41) is 9.74. The van der Waals surface area contributed by atoms with Gasteiger partial charge in [0.05, 0.1) is 6.10 Å². The quantitative estimate of drug-likeness (QED) is 0.869. The summed E-state index contributed by atoms with van der Waals surface area (Å²) >= 11 is 0. The van der Waals surface area contributed by atoms with Gasteiger partial charge in [-0.25, -0.2) is 9.97 Å². The van der Waals surface area contributed by atoms with Gasteiger partial charge in [-0.1, -0.05) is 12.8 Å². The maximum atomic E-state index is 9.74. The van der Waals surface area contributed by atoms with Crippen LogP contribution in [0.1, 0.15) is 50.1 Å². The molecule has 0 radical (unpaired) electrons. The number of anilines is 1. The van der Waals surface area contributed by atoms with Crippen molar-refractivity contribution in [1.29, 1.82) is 0 Å². The van der Waals surface area contributed by atoms with E-state index in [9.17, 15) is 5.11 Å². The van der Waals surface area contributed by atoms with Crippen LogP contribution >= 0.6 is 0 Å². The Morgan fingerprint density at radius 2 is 1.94 bits per heavy atom. The van der Waals surface area contributed by atoms with Crippen molar-refractivity contribution in [2.75, 3.05) is 18.0 Å². The van der Waals surface area contributed by atoms with E-state index in [1.165, 1.54) is 31.4 Å². The second kappa shape index (κ2) is 5.22. The maximum Gasteiger partial charge on any atom is 0.132 e. The van der Waals surface area contributed by atoms with Gasteiger partial charge in [-0.2, -0.15) is 0 Å². The highest BCUT2D eigenvalue weighted by molar-refractivity contribution is 5.40. The Balaban J connectivity index is 1.77. The van der Waals surface area contributed by atoms with Crippen LogP contribution in [0, 0.1) is 0 Å². The third-order valence-corrected chi connectivity index (χ3v) is 4.17. The first kappa shape index (κ1) is 11.9. The van der Waals surface area contributed by atoms with E-state index >= 15 is 0 Å². The summed E-state index contributed by atoms with van der Waals surface area (Å²) in [6.45, 7) is 1.71. The van der Waals surface area contributed by atoms with E-state index in [4.69, 9.17) is 0 Å². The molecule has 2 fully saturated rings. The van der Waals surface area contributed by atoms with Crippen molar-refractivity contribution < 1.29 is 5.11 Å². The van der Waals surface area contributed by atoms with E-state index in [1.807, 2.05) is 0 Å². The summed E-state index contributed by atoms with van der Waals surface area (Å²) in [6, 6.07) is 2.13. The van der Waals surface area contributed by atoms with Crippen LogP contribution in [0.4, 0.5) is 5.82 Å². The molecule has 0 spiro atoms. The molecule has 1 aromatic heterocycles. The summed E-state index contributed by atoms with van der Waals surface area (Å²) in [5.74, 6) is 1.62. The molecule has 0 bridgehead atoms. The molecular weight excluding hydrogens is 226 g/mol.